The number of oxazole rings is 1. The van der Waals surface area contributed by atoms with E-state index in [9.17, 15) is 9.59 Å². The number of anilines is 1. The molecule has 4 rings (SSSR count). The van der Waals surface area contributed by atoms with Crippen LogP contribution in [0.3, 0.4) is 0 Å². The fourth-order valence-corrected chi connectivity index (χ4v) is 3.29. The van der Waals surface area contributed by atoms with Crippen LogP contribution in [0.2, 0.25) is 0 Å². The summed E-state index contributed by atoms with van der Waals surface area (Å²) in [7, 11) is 0. The normalized spacial score (nSPS) is 11.0. The zero-order valence-corrected chi connectivity index (χ0v) is 17.4. The van der Waals surface area contributed by atoms with Gasteiger partial charge in [0.1, 0.15) is 12.3 Å². The number of nitrogens with zero attached hydrogens (tertiary/aromatic N) is 3. The highest BCUT2D eigenvalue weighted by Crippen LogP contribution is 2.24. The van der Waals surface area contributed by atoms with Crippen LogP contribution in [-0.4, -0.2) is 20.4 Å². The van der Waals surface area contributed by atoms with Crippen LogP contribution < -0.4 is 10.9 Å². The maximum absolute atomic E-state index is 12.6. The molecule has 0 saturated heterocycles. The van der Waals surface area contributed by atoms with Gasteiger partial charge in [0.05, 0.1) is 22.9 Å². The first-order chi connectivity index (χ1) is 13.9. The molecule has 0 atom stereocenters. The van der Waals surface area contributed by atoms with Gasteiger partial charge in [-0.2, -0.15) is 0 Å². The molecular weight excluding hydrogens is 436 g/mol. The molecule has 0 fully saturated rings. The second-order valence-electron chi connectivity index (χ2n) is 6.63. The molecule has 0 aliphatic heterocycles. The Balaban J connectivity index is 1.55. The van der Waals surface area contributed by atoms with Crippen LogP contribution in [0.4, 0.5) is 5.69 Å². The van der Waals surface area contributed by atoms with E-state index in [2.05, 4.69) is 31.2 Å². The number of amides is 1. The summed E-state index contributed by atoms with van der Waals surface area (Å²) in [5.74, 6) is 0.918. The van der Waals surface area contributed by atoms with Gasteiger partial charge in [0.15, 0.2) is 0 Å². The van der Waals surface area contributed by atoms with Gasteiger partial charge in [-0.1, -0.05) is 22.0 Å². The first-order valence-corrected chi connectivity index (χ1v) is 9.69. The van der Waals surface area contributed by atoms with Crippen molar-refractivity contribution in [2.45, 2.75) is 20.4 Å². The lowest BCUT2D eigenvalue weighted by Crippen LogP contribution is -2.27. The lowest BCUT2D eigenvalue weighted by Gasteiger charge is -2.09. The highest BCUT2D eigenvalue weighted by atomic mass is 79.9. The van der Waals surface area contributed by atoms with Gasteiger partial charge in [-0.3, -0.25) is 14.2 Å². The first-order valence-electron chi connectivity index (χ1n) is 8.90. The summed E-state index contributed by atoms with van der Waals surface area (Å²) in [6.07, 6.45) is 1.38. The predicted molar refractivity (Wildman–Crippen MR) is 114 cm³/mol. The minimum absolute atomic E-state index is 0.143. The molecule has 0 spiro atoms. The Bertz CT molecular complexity index is 1270. The number of benzene rings is 2. The number of halogens is 1. The highest BCUT2D eigenvalue weighted by Gasteiger charge is 2.11. The van der Waals surface area contributed by atoms with Gasteiger partial charge in [-0.25, -0.2) is 9.97 Å². The number of hydrogen-bond donors (Lipinski definition) is 1. The molecule has 0 radical (unpaired) electrons. The Morgan fingerprint density at radius 3 is 2.79 bits per heavy atom. The molecule has 4 aromatic rings. The Morgan fingerprint density at radius 2 is 2.03 bits per heavy atom. The fourth-order valence-electron chi connectivity index (χ4n) is 2.93. The van der Waals surface area contributed by atoms with Crippen LogP contribution in [0.5, 0.6) is 0 Å². The molecule has 7 nitrogen and oxygen atoms in total. The zero-order valence-electron chi connectivity index (χ0n) is 15.8. The van der Waals surface area contributed by atoms with E-state index in [1.165, 1.54) is 10.9 Å². The Kier molecular flexibility index (Phi) is 5.02. The third-order valence-electron chi connectivity index (χ3n) is 4.52. The molecule has 0 bridgehead atoms. The van der Waals surface area contributed by atoms with E-state index < -0.39 is 0 Å². The fraction of sp³-hybridized carbons (Fsp3) is 0.143. The van der Waals surface area contributed by atoms with Crippen molar-refractivity contribution < 1.29 is 9.21 Å². The quantitative estimate of drug-likeness (QED) is 0.503. The number of fused-ring (bicyclic) bond motifs is 1. The summed E-state index contributed by atoms with van der Waals surface area (Å²) in [4.78, 5) is 33.8. The van der Waals surface area contributed by atoms with E-state index in [1.54, 1.807) is 30.3 Å². The largest absolute Gasteiger partial charge is 0.441 e. The molecule has 146 valence electrons. The van der Waals surface area contributed by atoms with Crippen molar-refractivity contribution in [1.29, 1.82) is 0 Å². The summed E-state index contributed by atoms with van der Waals surface area (Å²) < 4.78 is 7.71. The topological polar surface area (TPSA) is 90.0 Å². The summed E-state index contributed by atoms with van der Waals surface area (Å²) in [6, 6.07) is 12.5. The molecule has 8 heteroatoms. The number of aryl methyl sites for hydroxylation is 2. The molecule has 2 heterocycles. The number of carbonyl (C=O) groups is 1. The van der Waals surface area contributed by atoms with Crippen molar-refractivity contribution in [3.63, 3.8) is 0 Å². The van der Waals surface area contributed by atoms with E-state index in [0.717, 1.165) is 21.5 Å². The average molecular weight is 453 g/mol. The number of carbonyl (C=O) groups excluding carboxylic acids is 1. The first kappa shape index (κ1) is 19.1. The number of rotatable bonds is 4. The number of nitrogens with one attached hydrogen (secondary N) is 1. The summed E-state index contributed by atoms with van der Waals surface area (Å²) in [5, 5.41) is 3.25. The molecule has 2 aromatic heterocycles. The van der Waals surface area contributed by atoms with Gasteiger partial charge in [0, 0.05) is 15.7 Å². The van der Waals surface area contributed by atoms with E-state index in [4.69, 9.17) is 4.42 Å². The van der Waals surface area contributed by atoms with Crippen molar-refractivity contribution in [2.24, 2.45) is 0 Å². The highest BCUT2D eigenvalue weighted by molar-refractivity contribution is 9.10. The van der Waals surface area contributed by atoms with Crippen molar-refractivity contribution >= 4 is 38.4 Å². The molecule has 0 aliphatic carbocycles. The van der Waals surface area contributed by atoms with Crippen LogP contribution in [0.15, 0.2) is 62.5 Å². The van der Waals surface area contributed by atoms with Crippen molar-refractivity contribution in [3.8, 4) is 11.5 Å². The Labute approximate surface area is 174 Å². The van der Waals surface area contributed by atoms with Crippen LogP contribution in [0.25, 0.3) is 22.4 Å². The second-order valence-corrected chi connectivity index (χ2v) is 7.54. The van der Waals surface area contributed by atoms with Crippen LogP contribution >= 0.6 is 15.9 Å². The lowest BCUT2D eigenvalue weighted by molar-refractivity contribution is -0.116. The van der Waals surface area contributed by atoms with Crippen LogP contribution in [-0.2, 0) is 11.3 Å². The molecule has 29 heavy (non-hydrogen) atoms. The molecule has 2 aromatic carbocycles. The smallest absolute Gasteiger partial charge is 0.261 e. The third-order valence-corrected chi connectivity index (χ3v) is 5.02. The molecule has 0 unspecified atom stereocenters. The summed E-state index contributed by atoms with van der Waals surface area (Å²) in [6.45, 7) is 3.59. The van der Waals surface area contributed by atoms with Gasteiger partial charge >= 0.3 is 0 Å². The monoisotopic (exact) mass is 452 g/mol. The number of aromatic nitrogens is 3. The molecule has 1 N–H and O–H groups in total. The van der Waals surface area contributed by atoms with E-state index >= 15 is 0 Å². The number of hydrogen-bond acceptors (Lipinski definition) is 5. The van der Waals surface area contributed by atoms with Gasteiger partial charge in [-0.15, -0.1) is 0 Å². The summed E-state index contributed by atoms with van der Waals surface area (Å²) in [5.41, 5.74) is 2.48. The maximum Gasteiger partial charge on any atom is 0.261 e. The standard InChI is InChI=1S/C21H17BrN4O3/c1-12-13(2)29-20(24-12)14-4-3-5-16(8-14)25-19(27)10-26-11-23-18-7-6-15(22)9-17(18)21(26)28/h3-9,11H,10H2,1-2H3,(H,25,27). The predicted octanol–water partition coefficient (Wildman–Crippen LogP) is 4.07. The Hall–Kier alpha value is -3.26. The molecule has 1 amide bonds. The van der Waals surface area contributed by atoms with Crippen LogP contribution in [0, 0.1) is 13.8 Å². The van der Waals surface area contributed by atoms with E-state index in [1.807, 2.05) is 26.0 Å². The van der Waals surface area contributed by atoms with Gasteiger partial charge in [-0.05, 0) is 50.2 Å². The summed E-state index contributed by atoms with van der Waals surface area (Å²) >= 11 is 3.35. The second kappa shape index (κ2) is 7.63. The van der Waals surface area contributed by atoms with Gasteiger partial charge in [0.25, 0.3) is 5.56 Å². The van der Waals surface area contributed by atoms with Crippen molar-refractivity contribution in [2.75, 3.05) is 5.32 Å². The van der Waals surface area contributed by atoms with Gasteiger partial charge < -0.3 is 9.73 Å². The third kappa shape index (κ3) is 3.97. The van der Waals surface area contributed by atoms with Crippen molar-refractivity contribution in [3.05, 3.63) is 75.1 Å². The van der Waals surface area contributed by atoms with Crippen LogP contribution in [0.1, 0.15) is 11.5 Å². The SMILES string of the molecule is Cc1nc(-c2cccc(NC(=O)Cn3cnc4ccc(Br)cc4c3=O)c2)oc1C. The molecular formula is C21H17BrN4O3. The van der Waals surface area contributed by atoms with Crippen molar-refractivity contribution in [1.82, 2.24) is 14.5 Å². The van der Waals surface area contributed by atoms with E-state index in [0.29, 0.717) is 22.5 Å². The molecule has 0 saturated carbocycles. The zero-order chi connectivity index (χ0) is 20.5. The van der Waals surface area contributed by atoms with Gasteiger partial charge in [0.2, 0.25) is 11.8 Å². The average Bonchev–Trinajstić information content (AvgIpc) is 3.03. The minimum atomic E-state index is -0.333. The lowest BCUT2D eigenvalue weighted by atomic mass is 10.2. The minimum Gasteiger partial charge on any atom is -0.441 e. The van der Waals surface area contributed by atoms with E-state index in [-0.39, 0.29) is 18.0 Å². The molecule has 0 aliphatic rings. The maximum atomic E-state index is 12.6. The Morgan fingerprint density at radius 1 is 1.21 bits per heavy atom.